The molecule has 0 aliphatic carbocycles. The first-order valence-electron chi connectivity index (χ1n) is 10.3. The Morgan fingerprint density at radius 3 is 2.15 bits per heavy atom. The number of ether oxygens (including phenoxy) is 1. The molecule has 0 spiro atoms. The number of amides is 1. The van der Waals surface area contributed by atoms with Crippen LogP contribution in [0.5, 0.6) is 5.75 Å². The minimum atomic E-state index is -4.42. The number of benzene rings is 2. The highest BCUT2D eigenvalue weighted by Gasteiger charge is 2.52. The number of carbonyl (C=O) groups excluding carboxylic acids is 1. The van der Waals surface area contributed by atoms with Gasteiger partial charge in [-0.1, -0.05) is 19.1 Å². The molecule has 0 atom stereocenters. The normalized spacial score (nSPS) is 16.9. The average Bonchev–Trinajstić information content (AvgIpc) is 2.82. The van der Waals surface area contributed by atoms with Crippen molar-refractivity contribution >= 4 is 15.7 Å². The van der Waals surface area contributed by atoms with Gasteiger partial charge in [0.2, 0.25) is 0 Å². The Kier molecular flexibility index (Phi) is 7.35. The van der Waals surface area contributed by atoms with Gasteiger partial charge in [-0.25, -0.2) is 13.9 Å². The molecule has 1 aliphatic rings. The minimum Gasteiger partial charge on any atom is -0.489 e. The third-order valence-electron chi connectivity index (χ3n) is 5.96. The zero-order valence-electron chi connectivity index (χ0n) is 17.9. The van der Waals surface area contributed by atoms with E-state index in [-0.39, 0.29) is 24.3 Å². The average molecular weight is 487 g/mol. The molecule has 2 N–H and O–H groups in total. The van der Waals surface area contributed by atoms with Gasteiger partial charge in [0.1, 0.15) is 12.4 Å². The van der Waals surface area contributed by atoms with E-state index in [1.54, 1.807) is 0 Å². The number of alkyl halides is 3. The quantitative estimate of drug-likeness (QED) is 0.460. The summed E-state index contributed by atoms with van der Waals surface area (Å²) < 4.78 is 68.5. The molecule has 1 aliphatic heterocycles. The number of carbonyl (C=O) groups is 1. The van der Waals surface area contributed by atoms with E-state index in [0.29, 0.717) is 24.4 Å². The van der Waals surface area contributed by atoms with E-state index in [4.69, 9.17) is 4.74 Å². The van der Waals surface area contributed by atoms with Crippen molar-refractivity contribution in [1.82, 2.24) is 10.4 Å². The fraction of sp³-hybridized carbons (Fsp3) is 0.409. The number of nitrogens with zero attached hydrogens (tertiary/aromatic N) is 1. The highest BCUT2D eigenvalue weighted by Crippen LogP contribution is 2.36. The van der Waals surface area contributed by atoms with Gasteiger partial charge in [-0.3, -0.25) is 10.0 Å². The smallest absolute Gasteiger partial charge is 0.416 e. The lowest BCUT2D eigenvalue weighted by molar-refractivity contribution is -0.137. The van der Waals surface area contributed by atoms with Crippen molar-refractivity contribution in [1.29, 1.82) is 0 Å². The maximum atomic E-state index is 13.4. The fourth-order valence-corrected chi connectivity index (χ4v) is 5.80. The SMILES string of the molecule is CCN1CCC(C(=O)NO)(S(=O)(=O)c2ccc(OCc3ccc(C(F)(F)F)cc3)cc2)CC1. The van der Waals surface area contributed by atoms with Crippen molar-refractivity contribution in [2.45, 2.75) is 42.2 Å². The van der Waals surface area contributed by atoms with E-state index >= 15 is 0 Å². The van der Waals surface area contributed by atoms with Gasteiger partial charge in [0, 0.05) is 13.1 Å². The Labute approximate surface area is 190 Å². The molecule has 1 heterocycles. The molecule has 3 rings (SSSR count). The predicted molar refractivity (Wildman–Crippen MR) is 113 cm³/mol. The largest absolute Gasteiger partial charge is 0.489 e. The molecule has 0 aromatic heterocycles. The van der Waals surface area contributed by atoms with E-state index in [9.17, 15) is 31.6 Å². The molecule has 180 valence electrons. The first-order chi connectivity index (χ1) is 15.5. The molecule has 11 heteroatoms. The highest BCUT2D eigenvalue weighted by atomic mass is 32.2. The van der Waals surface area contributed by atoms with E-state index < -0.39 is 32.2 Å². The van der Waals surface area contributed by atoms with Crippen LogP contribution in [0.15, 0.2) is 53.4 Å². The summed E-state index contributed by atoms with van der Waals surface area (Å²) in [6, 6.07) is 10.0. The molecule has 0 saturated carbocycles. The summed E-state index contributed by atoms with van der Waals surface area (Å²) >= 11 is 0. The maximum Gasteiger partial charge on any atom is 0.416 e. The second-order valence-corrected chi connectivity index (χ2v) is 10.1. The summed E-state index contributed by atoms with van der Waals surface area (Å²) in [5, 5.41) is 9.21. The van der Waals surface area contributed by atoms with Gasteiger partial charge >= 0.3 is 6.18 Å². The van der Waals surface area contributed by atoms with Crippen LogP contribution < -0.4 is 10.2 Å². The van der Waals surface area contributed by atoms with Crippen molar-refractivity contribution in [3.63, 3.8) is 0 Å². The lowest BCUT2D eigenvalue weighted by atomic mass is 9.95. The van der Waals surface area contributed by atoms with Crippen LogP contribution in [0.4, 0.5) is 13.2 Å². The van der Waals surface area contributed by atoms with Gasteiger partial charge in [0.25, 0.3) is 5.91 Å². The zero-order chi connectivity index (χ0) is 24.3. The van der Waals surface area contributed by atoms with Gasteiger partial charge in [-0.15, -0.1) is 0 Å². The lowest BCUT2D eigenvalue weighted by Gasteiger charge is -2.39. The number of likely N-dealkylation sites (tertiary alicyclic amines) is 1. The molecule has 1 saturated heterocycles. The predicted octanol–water partition coefficient (Wildman–Crippen LogP) is 3.42. The third kappa shape index (κ3) is 5.15. The minimum absolute atomic E-state index is 0.00601. The van der Waals surface area contributed by atoms with E-state index in [2.05, 4.69) is 0 Å². The van der Waals surface area contributed by atoms with E-state index in [1.165, 1.54) is 41.9 Å². The highest BCUT2D eigenvalue weighted by molar-refractivity contribution is 7.93. The Morgan fingerprint density at radius 2 is 1.67 bits per heavy atom. The van der Waals surface area contributed by atoms with Gasteiger partial charge in [0.05, 0.1) is 10.5 Å². The zero-order valence-corrected chi connectivity index (χ0v) is 18.7. The molecular formula is C22H25F3N2O5S. The maximum absolute atomic E-state index is 13.4. The molecule has 7 nitrogen and oxygen atoms in total. The van der Waals surface area contributed by atoms with Crippen LogP contribution in [0.3, 0.4) is 0 Å². The molecule has 1 amide bonds. The van der Waals surface area contributed by atoms with Crippen molar-refractivity contribution in [2.24, 2.45) is 0 Å². The second kappa shape index (κ2) is 9.70. The second-order valence-electron chi connectivity index (χ2n) is 7.83. The number of hydrogen-bond donors (Lipinski definition) is 2. The molecule has 33 heavy (non-hydrogen) atoms. The molecule has 0 unspecified atom stereocenters. The molecule has 2 aromatic rings. The summed E-state index contributed by atoms with van der Waals surface area (Å²) in [5.41, 5.74) is 1.27. The van der Waals surface area contributed by atoms with Gasteiger partial charge in [0.15, 0.2) is 14.6 Å². The molecule has 0 radical (unpaired) electrons. The van der Waals surface area contributed by atoms with Crippen LogP contribution in [-0.4, -0.2) is 48.8 Å². The van der Waals surface area contributed by atoms with Crippen molar-refractivity contribution in [2.75, 3.05) is 19.6 Å². The summed E-state index contributed by atoms with van der Waals surface area (Å²) in [6.45, 7) is 3.46. The number of sulfone groups is 1. The van der Waals surface area contributed by atoms with Crippen molar-refractivity contribution in [3.8, 4) is 5.75 Å². The number of hydroxylamine groups is 1. The first-order valence-corrected chi connectivity index (χ1v) is 11.8. The van der Waals surface area contributed by atoms with Gasteiger partial charge in [-0.05, 0) is 61.3 Å². The number of halogens is 3. The van der Waals surface area contributed by atoms with Crippen LogP contribution in [0.2, 0.25) is 0 Å². The summed E-state index contributed by atoms with van der Waals surface area (Å²) in [7, 11) is -4.13. The lowest BCUT2D eigenvalue weighted by Crippen LogP contribution is -2.57. The summed E-state index contributed by atoms with van der Waals surface area (Å²) in [4.78, 5) is 14.4. The summed E-state index contributed by atoms with van der Waals surface area (Å²) in [6.07, 6.45) is -4.33. The molecule has 2 aromatic carbocycles. The van der Waals surface area contributed by atoms with Crippen molar-refractivity contribution in [3.05, 3.63) is 59.7 Å². The molecule has 1 fully saturated rings. The van der Waals surface area contributed by atoms with Crippen LogP contribution in [-0.2, 0) is 27.4 Å². The molecule has 0 bridgehead atoms. The first kappa shape index (κ1) is 25.0. The van der Waals surface area contributed by atoms with E-state index in [1.807, 2.05) is 11.8 Å². The number of rotatable bonds is 7. The van der Waals surface area contributed by atoms with Crippen LogP contribution in [0.1, 0.15) is 30.9 Å². The number of piperidine rings is 1. The standard InChI is InChI=1S/C22H25F3N2O5S/c1-2-27-13-11-21(12-14-27,20(28)26-29)33(30,31)19-9-7-18(8-10-19)32-15-16-3-5-17(6-4-16)22(23,24)25/h3-10,29H,2,11-15H2,1H3,(H,26,28). The van der Waals surface area contributed by atoms with Gasteiger partial charge in [-0.2, -0.15) is 13.2 Å². The summed E-state index contributed by atoms with van der Waals surface area (Å²) in [5.74, 6) is -0.642. The van der Waals surface area contributed by atoms with E-state index in [0.717, 1.165) is 18.7 Å². The van der Waals surface area contributed by atoms with Crippen LogP contribution in [0, 0.1) is 0 Å². The molecular weight excluding hydrogens is 461 g/mol. The number of hydrogen-bond acceptors (Lipinski definition) is 6. The van der Waals surface area contributed by atoms with Gasteiger partial charge < -0.3 is 9.64 Å². The Morgan fingerprint density at radius 1 is 1.09 bits per heavy atom. The Balaban J connectivity index is 1.74. The number of nitrogens with one attached hydrogen (secondary N) is 1. The fourth-order valence-electron chi connectivity index (χ4n) is 3.85. The van der Waals surface area contributed by atoms with Crippen LogP contribution >= 0.6 is 0 Å². The van der Waals surface area contributed by atoms with Crippen LogP contribution in [0.25, 0.3) is 0 Å². The van der Waals surface area contributed by atoms with Crippen molar-refractivity contribution < 1.29 is 36.3 Å². The Bertz CT molecular complexity index is 1060. The monoisotopic (exact) mass is 486 g/mol. The third-order valence-corrected chi connectivity index (χ3v) is 8.48. The Hall–Kier alpha value is -2.63. The topological polar surface area (TPSA) is 95.9 Å².